The largest absolute Gasteiger partial charge is 0.481 e. The van der Waals surface area contributed by atoms with Crippen LogP contribution in [0.3, 0.4) is 0 Å². The van der Waals surface area contributed by atoms with Gasteiger partial charge in [-0.1, -0.05) is 5.11 Å². The standard InChI is InChI=1S/C8H14N4O4/c9-12-11-5-1-4-10-6(8(15)16)2-3-7(13)14/h6,10H,1-5H2,(H,13,14)(H,15,16). The number of nitrogens with one attached hydrogen (secondary N) is 1. The highest BCUT2D eigenvalue weighted by atomic mass is 16.4. The summed E-state index contributed by atoms with van der Waals surface area (Å²) in [6, 6.07) is -0.873. The fraction of sp³-hybridized carbons (Fsp3) is 0.750. The lowest BCUT2D eigenvalue weighted by Gasteiger charge is -2.12. The maximum Gasteiger partial charge on any atom is 0.320 e. The number of rotatable bonds is 9. The molecule has 0 spiro atoms. The molecule has 0 aromatic rings. The lowest BCUT2D eigenvalue weighted by Crippen LogP contribution is -2.37. The highest BCUT2D eigenvalue weighted by molar-refractivity contribution is 5.75. The van der Waals surface area contributed by atoms with E-state index in [-0.39, 0.29) is 19.4 Å². The summed E-state index contributed by atoms with van der Waals surface area (Å²) in [6.07, 6.45) is 0.355. The third kappa shape index (κ3) is 7.60. The highest BCUT2D eigenvalue weighted by Crippen LogP contribution is 1.98. The summed E-state index contributed by atoms with van der Waals surface area (Å²) in [5.41, 5.74) is 7.99. The predicted octanol–water partition coefficient (Wildman–Crippen LogP) is 0.594. The van der Waals surface area contributed by atoms with E-state index in [0.29, 0.717) is 13.0 Å². The van der Waals surface area contributed by atoms with Crippen molar-refractivity contribution in [3.05, 3.63) is 10.4 Å². The number of azide groups is 1. The monoisotopic (exact) mass is 230 g/mol. The first-order valence-corrected chi connectivity index (χ1v) is 4.76. The SMILES string of the molecule is [N-]=[N+]=NCCCNC(CCC(=O)O)C(=O)O. The minimum atomic E-state index is -1.08. The normalized spacial score (nSPS) is 11.5. The van der Waals surface area contributed by atoms with Crippen molar-refractivity contribution in [1.29, 1.82) is 0 Å². The van der Waals surface area contributed by atoms with Crippen LogP contribution in [0.5, 0.6) is 0 Å². The second-order valence-corrected chi connectivity index (χ2v) is 3.09. The molecule has 0 aromatic carbocycles. The molecule has 8 heteroatoms. The number of carbonyl (C=O) groups is 2. The Hall–Kier alpha value is -1.79. The molecule has 16 heavy (non-hydrogen) atoms. The summed E-state index contributed by atoms with van der Waals surface area (Å²) in [5.74, 6) is -2.10. The Morgan fingerprint density at radius 1 is 1.44 bits per heavy atom. The summed E-state index contributed by atoms with van der Waals surface area (Å²) in [4.78, 5) is 23.5. The fourth-order valence-corrected chi connectivity index (χ4v) is 1.05. The molecule has 0 saturated heterocycles. The van der Waals surface area contributed by atoms with Crippen LogP contribution in [0, 0.1) is 0 Å². The molecule has 1 atom stereocenters. The molecular weight excluding hydrogens is 216 g/mol. The van der Waals surface area contributed by atoms with Crippen LogP contribution in [0.1, 0.15) is 19.3 Å². The van der Waals surface area contributed by atoms with Crippen molar-refractivity contribution in [2.75, 3.05) is 13.1 Å². The summed E-state index contributed by atoms with van der Waals surface area (Å²) >= 11 is 0. The summed E-state index contributed by atoms with van der Waals surface area (Å²) in [6.45, 7) is 0.657. The van der Waals surface area contributed by atoms with Crippen molar-refractivity contribution in [1.82, 2.24) is 5.32 Å². The van der Waals surface area contributed by atoms with Gasteiger partial charge in [-0.15, -0.1) is 0 Å². The van der Waals surface area contributed by atoms with Gasteiger partial charge in [0.05, 0.1) is 0 Å². The number of hydrogen-bond donors (Lipinski definition) is 3. The van der Waals surface area contributed by atoms with Crippen LogP contribution in [0.15, 0.2) is 5.11 Å². The van der Waals surface area contributed by atoms with Gasteiger partial charge in [-0.2, -0.15) is 0 Å². The van der Waals surface area contributed by atoms with Crippen molar-refractivity contribution < 1.29 is 19.8 Å². The molecule has 0 saturated carbocycles. The van der Waals surface area contributed by atoms with E-state index in [1.807, 2.05) is 0 Å². The van der Waals surface area contributed by atoms with Crippen LogP contribution in [0.4, 0.5) is 0 Å². The smallest absolute Gasteiger partial charge is 0.320 e. The zero-order valence-electron chi connectivity index (χ0n) is 8.67. The number of nitrogens with zero attached hydrogens (tertiary/aromatic N) is 3. The molecule has 0 fully saturated rings. The van der Waals surface area contributed by atoms with Gasteiger partial charge in [0.15, 0.2) is 0 Å². The van der Waals surface area contributed by atoms with Gasteiger partial charge in [0.2, 0.25) is 0 Å². The van der Waals surface area contributed by atoms with E-state index in [1.165, 1.54) is 0 Å². The molecule has 3 N–H and O–H groups in total. The highest BCUT2D eigenvalue weighted by Gasteiger charge is 2.17. The van der Waals surface area contributed by atoms with Crippen LogP contribution in [0.2, 0.25) is 0 Å². The van der Waals surface area contributed by atoms with Crippen LogP contribution in [0.25, 0.3) is 10.4 Å². The minimum Gasteiger partial charge on any atom is -0.481 e. The number of aliphatic carboxylic acids is 2. The second kappa shape index (κ2) is 8.51. The molecule has 0 amide bonds. The van der Waals surface area contributed by atoms with Crippen molar-refractivity contribution in [3.8, 4) is 0 Å². The average molecular weight is 230 g/mol. The summed E-state index contributed by atoms with van der Waals surface area (Å²) < 4.78 is 0. The molecule has 0 rings (SSSR count). The Kier molecular flexibility index (Phi) is 7.56. The minimum absolute atomic E-state index is 0.0339. The lowest BCUT2D eigenvalue weighted by atomic mass is 10.1. The van der Waals surface area contributed by atoms with Gasteiger partial charge in [0.1, 0.15) is 6.04 Å². The number of carboxylic acids is 2. The molecule has 90 valence electrons. The molecule has 0 aromatic heterocycles. The third-order valence-corrected chi connectivity index (χ3v) is 1.83. The fourth-order valence-electron chi connectivity index (χ4n) is 1.05. The second-order valence-electron chi connectivity index (χ2n) is 3.09. The molecular formula is C8H14N4O4. The van der Waals surface area contributed by atoms with Gasteiger partial charge in [-0.3, -0.25) is 9.59 Å². The van der Waals surface area contributed by atoms with E-state index in [4.69, 9.17) is 15.7 Å². The first-order chi connectivity index (χ1) is 7.57. The van der Waals surface area contributed by atoms with E-state index < -0.39 is 18.0 Å². The van der Waals surface area contributed by atoms with Gasteiger partial charge in [0, 0.05) is 17.9 Å². The van der Waals surface area contributed by atoms with E-state index in [1.54, 1.807) is 0 Å². The first kappa shape index (κ1) is 14.2. The van der Waals surface area contributed by atoms with Gasteiger partial charge < -0.3 is 15.5 Å². The zero-order valence-corrected chi connectivity index (χ0v) is 8.67. The molecule has 0 aliphatic heterocycles. The maximum absolute atomic E-state index is 10.7. The summed E-state index contributed by atoms with van der Waals surface area (Å²) in [7, 11) is 0. The first-order valence-electron chi connectivity index (χ1n) is 4.76. The Morgan fingerprint density at radius 2 is 2.12 bits per heavy atom. The van der Waals surface area contributed by atoms with Gasteiger partial charge in [-0.25, -0.2) is 0 Å². The molecule has 0 heterocycles. The maximum atomic E-state index is 10.7. The van der Waals surface area contributed by atoms with Crippen LogP contribution in [-0.2, 0) is 9.59 Å². The number of carboxylic acid groups (broad SMARTS) is 2. The molecule has 0 bridgehead atoms. The Bertz CT molecular complexity index is 288. The Labute approximate surface area is 91.9 Å². The average Bonchev–Trinajstić information content (AvgIpc) is 2.21. The van der Waals surface area contributed by atoms with E-state index >= 15 is 0 Å². The summed E-state index contributed by atoms with van der Waals surface area (Å²) in [5, 5.41) is 23.1. The topological polar surface area (TPSA) is 135 Å². The van der Waals surface area contributed by atoms with Gasteiger partial charge in [0.25, 0.3) is 0 Å². The van der Waals surface area contributed by atoms with Crippen molar-refractivity contribution in [2.45, 2.75) is 25.3 Å². The molecule has 0 radical (unpaired) electrons. The third-order valence-electron chi connectivity index (χ3n) is 1.83. The molecule has 0 aliphatic carbocycles. The molecule has 1 unspecified atom stereocenters. The Balaban J connectivity index is 3.80. The van der Waals surface area contributed by atoms with Gasteiger partial charge >= 0.3 is 11.9 Å². The van der Waals surface area contributed by atoms with Crippen LogP contribution < -0.4 is 5.32 Å². The van der Waals surface area contributed by atoms with E-state index in [9.17, 15) is 9.59 Å². The molecule has 8 nitrogen and oxygen atoms in total. The van der Waals surface area contributed by atoms with E-state index in [2.05, 4.69) is 15.3 Å². The van der Waals surface area contributed by atoms with Crippen LogP contribution in [-0.4, -0.2) is 41.3 Å². The molecule has 0 aliphatic rings. The van der Waals surface area contributed by atoms with Crippen molar-refractivity contribution >= 4 is 11.9 Å². The van der Waals surface area contributed by atoms with Crippen LogP contribution >= 0.6 is 0 Å². The zero-order chi connectivity index (χ0) is 12.4. The van der Waals surface area contributed by atoms with Crippen molar-refractivity contribution in [3.63, 3.8) is 0 Å². The predicted molar refractivity (Wildman–Crippen MR) is 54.9 cm³/mol. The Morgan fingerprint density at radius 3 is 2.62 bits per heavy atom. The van der Waals surface area contributed by atoms with Gasteiger partial charge in [-0.05, 0) is 24.9 Å². The number of hydrogen-bond acceptors (Lipinski definition) is 4. The van der Waals surface area contributed by atoms with E-state index in [0.717, 1.165) is 0 Å². The van der Waals surface area contributed by atoms with Crippen molar-refractivity contribution in [2.24, 2.45) is 5.11 Å². The quantitative estimate of drug-likeness (QED) is 0.230. The lowest BCUT2D eigenvalue weighted by molar-refractivity contribution is -0.140.